The molecule has 1 aliphatic heterocycles. The highest BCUT2D eigenvalue weighted by Gasteiger charge is 2.25. The number of rotatable bonds is 4. The predicted octanol–water partition coefficient (Wildman–Crippen LogP) is 3.46. The van der Waals surface area contributed by atoms with Gasteiger partial charge in [0.2, 0.25) is 0 Å². The molecule has 0 saturated carbocycles. The van der Waals surface area contributed by atoms with Crippen molar-refractivity contribution >= 4 is 23.2 Å². The lowest BCUT2D eigenvalue weighted by Gasteiger charge is -2.36. The van der Waals surface area contributed by atoms with Gasteiger partial charge in [-0.15, -0.1) is 0 Å². The van der Waals surface area contributed by atoms with Crippen molar-refractivity contribution in [1.82, 2.24) is 4.90 Å². The molecule has 26 heavy (non-hydrogen) atoms. The molecule has 1 amide bonds. The second kappa shape index (κ2) is 7.83. The molecule has 0 unspecified atom stereocenters. The van der Waals surface area contributed by atoms with E-state index in [-0.39, 0.29) is 11.7 Å². The Hall–Kier alpha value is -2.47. The fourth-order valence-electron chi connectivity index (χ4n) is 3.08. The van der Waals surface area contributed by atoms with E-state index in [1.54, 1.807) is 29.2 Å². The summed E-state index contributed by atoms with van der Waals surface area (Å²) in [4.78, 5) is 16.5. The first-order chi connectivity index (χ1) is 12.5. The van der Waals surface area contributed by atoms with E-state index in [0.717, 1.165) is 0 Å². The maximum Gasteiger partial charge on any atom is 0.254 e. The minimum atomic E-state index is -0.251. The molecule has 1 saturated heterocycles. The fourth-order valence-corrected chi connectivity index (χ4v) is 3.37. The third-order valence-electron chi connectivity index (χ3n) is 4.44. The number of methoxy groups -OCH3 is 2. The molecule has 2 aromatic carbocycles. The third kappa shape index (κ3) is 3.55. The number of ether oxygens (including phenoxy) is 2. The average Bonchev–Trinajstić information content (AvgIpc) is 2.67. The molecule has 0 bridgehead atoms. The Labute approximate surface area is 156 Å². The Morgan fingerprint density at radius 3 is 2.38 bits per heavy atom. The van der Waals surface area contributed by atoms with Crippen LogP contribution < -0.4 is 14.4 Å². The number of halogens is 2. The molecular weight excluding hydrogens is 359 g/mol. The molecule has 5 nitrogen and oxygen atoms in total. The van der Waals surface area contributed by atoms with Gasteiger partial charge in [-0.05, 0) is 24.3 Å². The van der Waals surface area contributed by atoms with Crippen LogP contribution in [-0.2, 0) is 0 Å². The van der Waals surface area contributed by atoms with E-state index in [1.165, 1.54) is 20.3 Å². The topological polar surface area (TPSA) is 42.0 Å². The first kappa shape index (κ1) is 18.3. The van der Waals surface area contributed by atoms with Crippen molar-refractivity contribution in [2.24, 2.45) is 0 Å². The van der Waals surface area contributed by atoms with Gasteiger partial charge in [0.1, 0.15) is 5.82 Å². The SMILES string of the molecule is COc1cc(C(=O)N2CCN(c3ccccc3F)CC2)cc(Cl)c1OC. The number of piperazine rings is 1. The Balaban J connectivity index is 1.73. The van der Waals surface area contributed by atoms with Crippen molar-refractivity contribution in [2.45, 2.75) is 0 Å². The zero-order valence-corrected chi connectivity index (χ0v) is 15.4. The first-order valence-electron chi connectivity index (χ1n) is 8.25. The standard InChI is InChI=1S/C19H20ClFN2O3/c1-25-17-12-13(11-14(20)18(17)26-2)19(24)23-9-7-22(8-10-23)16-6-4-3-5-15(16)21/h3-6,11-12H,7-10H2,1-2H3. The molecular formula is C19H20ClFN2O3. The summed E-state index contributed by atoms with van der Waals surface area (Å²) in [5.74, 6) is 0.420. The molecule has 7 heteroatoms. The van der Waals surface area contributed by atoms with Crippen molar-refractivity contribution in [3.8, 4) is 11.5 Å². The van der Waals surface area contributed by atoms with Gasteiger partial charge in [0.25, 0.3) is 5.91 Å². The Kier molecular flexibility index (Phi) is 5.52. The van der Waals surface area contributed by atoms with Crippen LogP contribution in [0.1, 0.15) is 10.4 Å². The van der Waals surface area contributed by atoms with Crippen LogP contribution in [0.5, 0.6) is 11.5 Å². The number of amides is 1. The Morgan fingerprint density at radius 2 is 1.77 bits per heavy atom. The zero-order valence-electron chi connectivity index (χ0n) is 14.7. The molecule has 3 rings (SSSR count). The molecule has 1 heterocycles. The van der Waals surface area contributed by atoms with Crippen molar-refractivity contribution in [2.75, 3.05) is 45.3 Å². The summed E-state index contributed by atoms with van der Waals surface area (Å²) in [7, 11) is 2.99. The molecule has 138 valence electrons. The summed E-state index contributed by atoms with van der Waals surface area (Å²) in [6, 6.07) is 9.87. The van der Waals surface area contributed by atoms with Crippen molar-refractivity contribution in [3.05, 3.63) is 52.8 Å². The Morgan fingerprint density at radius 1 is 1.08 bits per heavy atom. The van der Waals surface area contributed by atoms with E-state index >= 15 is 0 Å². The van der Waals surface area contributed by atoms with E-state index < -0.39 is 0 Å². The number of carbonyl (C=O) groups is 1. The number of anilines is 1. The van der Waals surface area contributed by atoms with Crippen LogP contribution in [0.15, 0.2) is 36.4 Å². The summed E-state index contributed by atoms with van der Waals surface area (Å²) in [5, 5.41) is 0.320. The minimum absolute atomic E-state index is 0.138. The quantitative estimate of drug-likeness (QED) is 0.817. The molecule has 0 N–H and O–H groups in total. The van der Waals surface area contributed by atoms with Gasteiger partial charge in [0, 0.05) is 31.7 Å². The zero-order chi connectivity index (χ0) is 18.7. The van der Waals surface area contributed by atoms with Crippen molar-refractivity contribution in [3.63, 3.8) is 0 Å². The van der Waals surface area contributed by atoms with Crippen LogP contribution in [0.4, 0.5) is 10.1 Å². The largest absolute Gasteiger partial charge is 0.493 e. The van der Waals surface area contributed by atoms with Crippen LogP contribution in [0, 0.1) is 5.82 Å². The summed E-state index contributed by atoms with van der Waals surface area (Å²) in [6.45, 7) is 2.12. The van der Waals surface area contributed by atoms with Crippen molar-refractivity contribution in [1.29, 1.82) is 0 Å². The minimum Gasteiger partial charge on any atom is -0.493 e. The number of carbonyl (C=O) groups excluding carboxylic acids is 1. The lowest BCUT2D eigenvalue weighted by atomic mass is 10.1. The van der Waals surface area contributed by atoms with Gasteiger partial charge in [-0.1, -0.05) is 23.7 Å². The number of hydrogen-bond acceptors (Lipinski definition) is 4. The number of benzene rings is 2. The van der Waals surface area contributed by atoms with Gasteiger partial charge >= 0.3 is 0 Å². The van der Waals surface area contributed by atoms with Gasteiger partial charge in [0.15, 0.2) is 11.5 Å². The van der Waals surface area contributed by atoms with Crippen LogP contribution >= 0.6 is 11.6 Å². The second-order valence-electron chi connectivity index (χ2n) is 5.92. The van der Waals surface area contributed by atoms with Crippen LogP contribution in [0.3, 0.4) is 0 Å². The van der Waals surface area contributed by atoms with E-state index in [4.69, 9.17) is 21.1 Å². The normalized spacial score (nSPS) is 14.3. The summed E-state index contributed by atoms with van der Waals surface area (Å²) in [5.41, 5.74) is 1.00. The maximum absolute atomic E-state index is 13.9. The number of para-hydroxylation sites is 1. The van der Waals surface area contributed by atoms with Gasteiger partial charge < -0.3 is 19.3 Å². The molecule has 0 radical (unpaired) electrons. The maximum atomic E-state index is 13.9. The molecule has 0 aliphatic carbocycles. The molecule has 0 spiro atoms. The monoisotopic (exact) mass is 378 g/mol. The molecule has 1 fully saturated rings. The molecule has 0 aromatic heterocycles. The Bertz CT molecular complexity index is 807. The summed E-state index contributed by atoms with van der Waals surface area (Å²) >= 11 is 6.19. The smallest absolute Gasteiger partial charge is 0.254 e. The lowest BCUT2D eigenvalue weighted by molar-refractivity contribution is 0.0746. The predicted molar refractivity (Wildman–Crippen MR) is 99.1 cm³/mol. The van der Waals surface area contributed by atoms with Gasteiger partial charge in [0.05, 0.1) is 24.9 Å². The van der Waals surface area contributed by atoms with Gasteiger partial charge in [-0.2, -0.15) is 0 Å². The van der Waals surface area contributed by atoms with Crippen molar-refractivity contribution < 1.29 is 18.7 Å². The third-order valence-corrected chi connectivity index (χ3v) is 4.72. The lowest BCUT2D eigenvalue weighted by Crippen LogP contribution is -2.49. The molecule has 2 aromatic rings. The highest BCUT2D eigenvalue weighted by molar-refractivity contribution is 6.32. The van der Waals surface area contributed by atoms with Crippen LogP contribution in [0.2, 0.25) is 5.02 Å². The number of hydrogen-bond donors (Lipinski definition) is 0. The average molecular weight is 379 g/mol. The van der Waals surface area contributed by atoms with Gasteiger partial charge in [-0.25, -0.2) is 4.39 Å². The van der Waals surface area contributed by atoms with Crippen LogP contribution in [-0.4, -0.2) is 51.2 Å². The fraction of sp³-hybridized carbons (Fsp3) is 0.316. The first-order valence-corrected chi connectivity index (χ1v) is 8.63. The molecule has 1 aliphatic rings. The summed E-state index contributed by atoms with van der Waals surface area (Å²) in [6.07, 6.45) is 0. The van der Waals surface area contributed by atoms with E-state index in [9.17, 15) is 9.18 Å². The molecule has 0 atom stereocenters. The highest BCUT2D eigenvalue weighted by atomic mass is 35.5. The van der Waals surface area contributed by atoms with E-state index in [0.29, 0.717) is 54.0 Å². The summed E-state index contributed by atoms with van der Waals surface area (Å²) < 4.78 is 24.4. The van der Waals surface area contributed by atoms with E-state index in [1.807, 2.05) is 11.0 Å². The number of nitrogens with zero attached hydrogens (tertiary/aromatic N) is 2. The second-order valence-corrected chi connectivity index (χ2v) is 6.33. The van der Waals surface area contributed by atoms with E-state index in [2.05, 4.69) is 0 Å². The van der Waals surface area contributed by atoms with Gasteiger partial charge in [-0.3, -0.25) is 4.79 Å². The highest BCUT2D eigenvalue weighted by Crippen LogP contribution is 2.36. The van der Waals surface area contributed by atoms with Crippen LogP contribution in [0.25, 0.3) is 0 Å².